The summed E-state index contributed by atoms with van der Waals surface area (Å²) in [6, 6.07) is 12.3. The first-order chi connectivity index (χ1) is 27.0. The van der Waals surface area contributed by atoms with Crippen molar-refractivity contribution in [1.82, 2.24) is 20.0 Å². The van der Waals surface area contributed by atoms with Crippen LogP contribution in [0.1, 0.15) is 120 Å². The number of hydrogen-bond acceptors (Lipinski definition) is 9. The normalized spacial score (nSPS) is 22.7. The Morgan fingerprint density at radius 1 is 0.655 bits per heavy atom. The molecule has 12 nitrogen and oxygen atoms in total. The average molecular weight is 825 g/mol. The lowest BCUT2D eigenvalue weighted by atomic mass is 9.84. The smallest absolute Gasteiger partial charge is 0.410 e. The quantitative estimate of drug-likeness (QED) is 0.220. The molecule has 58 heavy (non-hydrogen) atoms. The molecule has 3 N–H and O–H groups in total. The molecule has 0 aromatic heterocycles. The van der Waals surface area contributed by atoms with Crippen LogP contribution in [0.2, 0.25) is 0 Å². The van der Waals surface area contributed by atoms with Crippen molar-refractivity contribution in [2.75, 3.05) is 39.3 Å². The minimum absolute atomic E-state index is 0. The number of halogens is 1. The molecule has 320 valence electrons. The zero-order valence-electron chi connectivity index (χ0n) is 35.2. The highest BCUT2D eigenvalue weighted by molar-refractivity contribution is 5.85. The molecule has 2 saturated carbocycles. The number of carboxylic acid groups (broad SMARTS) is 2. The van der Waals surface area contributed by atoms with Gasteiger partial charge >= 0.3 is 18.0 Å². The van der Waals surface area contributed by atoms with Gasteiger partial charge in [0.15, 0.2) is 0 Å². The standard InChI is InChI=1S/C25H36N2O5.C20H28N2O3.ClH/c1-18-6-7-19(20(16-18)31-25(9-10-25)21(28)29)17-27-13-5-8-24(27)11-14-26(15-12-24)22(30)32-23(2,3)4;1-15-3-4-16(17(13-15)25-20(6-7-20)18(23)24)14-22-12-2-5-19(22)8-10-21-11-9-19;/h6-7,16H,5,8-15,17H2,1-4H3,(H,28,29);3-4,13,21H,2,5-12,14H2,1H3,(H,23,24);1H. The molecular weight excluding hydrogens is 760 g/mol. The number of nitrogens with one attached hydrogen (secondary N) is 1. The number of aliphatic carboxylic acids is 2. The molecule has 6 fully saturated rings. The zero-order chi connectivity index (χ0) is 40.6. The molecule has 2 spiro atoms. The van der Waals surface area contributed by atoms with Crippen LogP contribution in [0.3, 0.4) is 0 Å². The van der Waals surface area contributed by atoms with Gasteiger partial charge in [-0.05, 0) is 135 Å². The predicted octanol–water partition coefficient (Wildman–Crippen LogP) is 7.49. The van der Waals surface area contributed by atoms with Gasteiger partial charge in [-0.25, -0.2) is 14.4 Å². The maximum atomic E-state index is 12.5. The lowest BCUT2D eigenvalue weighted by molar-refractivity contribution is -0.148. The van der Waals surface area contributed by atoms with E-state index in [-0.39, 0.29) is 24.0 Å². The van der Waals surface area contributed by atoms with Crippen LogP contribution in [0.5, 0.6) is 11.5 Å². The Kier molecular flexibility index (Phi) is 13.0. The van der Waals surface area contributed by atoms with Gasteiger partial charge < -0.3 is 34.6 Å². The molecule has 2 aromatic rings. The van der Waals surface area contributed by atoms with E-state index in [4.69, 9.17) is 14.2 Å². The van der Waals surface area contributed by atoms with Crippen molar-refractivity contribution >= 4 is 30.4 Å². The Morgan fingerprint density at radius 2 is 1.09 bits per heavy atom. The average Bonchev–Trinajstić information content (AvgIpc) is 4.06. The summed E-state index contributed by atoms with van der Waals surface area (Å²) in [5.41, 5.74) is 2.20. The molecule has 0 atom stereocenters. The highest BCUT2D eigenvalue weighted by atomic mass is 35.5. The highest BCUT2D eigenvalue weighted by Gasteiger charge is 2.55. The zero-order valence-corrected chi connectivity index (χ0v) is 36.0. The molecule has 2 aliphatic carbocycles. The van der Waals surface area contributed by atoms with Crippen molar-refractivity contribution in [1.29, 1.82) is 0 Å². The number of amides is 1. The van der Waals surface area contributed by atoms with Gasteiger partial charge in [0, 0.05) is 74.1 Å². The molecule has 0 bridgehead atoms. The molecule has 2 aromatic carbocycles. The van der Waals surface area contributed by atoms with E-state index >= 15 is 0 Å². The predicted molar refractivity (Wildman–Crippen MR) is 224 cm³/mol. The number of benzene rings is 2. The summed E-state index contributed by atoms with van der Waals surface area (Å²) < 4.78 is 17.7. The first-order valence-corrected chi connectivity index (χ1v) is 21.3. The largest absolute Gasteiger partial charge is 0.478 e. The van der Waals surface area contributed by atoms with E-state index in [1.807, 2.05) is 51.7 Å². The van der Waals surface area contributed by atoms with Gasteiger partial charge in [0.1, 0.15) is 17.1 Å². The van der Waals surface area contributed by atoms with E-state index in [2.05, 4.69) is 39.4 Å². The van der Waals surface area contributed by atoms with Crippen LogP contribution >= 0.6 is 12.4 Å². The van der Waals surface area contributed by atoms with E-state index in [0.29, 0.717) is 50.1 Å². The molecule has 13 heteroatoms. The van der Waals surface area contributed by atoms with Crippen molar-refractivity contribution in [2.45, 2.75) is 153 Å². The van der Waals surface area contributed by atoms with Gasteiger partial charge in [-0.15, -0.1) is 12.4 Å². The van der Waals surface area contributed by atoms with Crippen LogP contribution in [0, 0.1) is 13.8 Å². The number of carboxylic acids is 2. The summed E-state index contributed by atoms with van der Waals surface area (Å²) >= 11 is 0. The second kappa shape index (κ2) is 17.2. The Morgan fingerprint density at radius 3 is 1.48 bits per heavy atom. The Balaban J connectivity index is 0.000000198. The second-order valence-corrected chi connectivity index (χ2v) is 18.7. The van der Waals surface area contributed by atoms with E-state index in [1.165, 1.54) is 25.7 Å². The lowest BCUT2D eigenvalue weighted by Crippen LogP contribution is -2.53. The summed E-state index contributed by atoms with van der Waals surface area (Å²) in [5, 5.41) is 22.5. The van der Waals surface area contributed by atoms with Gasteiger partial charge in [0.25, 0.3) is 0 Å². The van der Waals surface area contributed by atoms with Gasteiger partial charge in [0.2, 0.25) is 11.2 Å². The molecule has 0 radical (unpaired) electrons. The second-order valence-electron chi connectivity index (χ2n) is 18.7. The van der Waals surface area contributed by atoms with Crippen LogP contribution in [0.15, 0.2) is 36.4 Å². The number of aryl methyl sites for hydroxylation is 2. The van der Waals surface area contributed by atoms with Crippen molar-refractivity contribution in [3.05, 3.63) is 58.7 Å². The van der Waals surface area contributed by atoms with Crippen LogP contribution in [0.25, 0.3) is 0 Å². The minimum Gasteiger partial charge on any atom is -0.478 e. The molecule has 1 amide bonds. The maximum absolute atomic E-state index is 12.5. The van der Waals surface area contributed by atoms with Crippen LogP contribution in [0.4, 0.5) is 4.79 Å². The Labute approximate surface area is 350 Å². The third-order valence-electron chi connectivity index (χ3n) is 13.3. The molecule has 8 rings (SSSR count). The highest BCUT2D eigenvalue weighted by Crippen LogP contribution is 2.45. The summed E-state index contributed by atoms with van der Waals surface area (Å²) in [4.78, 5) is 42.7. The topological polar surface area (TPSA) is 141 Å². The molecule has 4 heterocycles. The number of carbonyl (C=O) groups excluding carboxylic acids is 1. The number of nitrogens with zero attached hydrogens (tertiary/aromatic N) is 3. The number of carbonyl (C=O) groups is 3. The van der Waals surface area contributed by atoms with E-state index in [1.54, 1.807) is 0 Å². The summed E-state index contributed by atoms with van der Waals surface area (Å²) in [5.74, 6) is -0.262. The number of piperidine rings is 2. The minimum atomic E-state index is -1.05. The fourth-order valence-electron chi connectivity index (χ4n) is 9.49. The van der Waals surface area contributed by atoms with Gasteiger partial charge in [0.05, 0.1) is 0 Å². The molecule has 4 saturated heterocycles. The van der Waals surface area contributed by atoms with Crippen LogP contribution in [-0.2, 0) is 27.4 Å². The summed E-state index contributed by atoms with van der Waals surface area (Å²) in [6.45, 7) is 17.0. The van der Waals surface area contributed by atoms with E-state index in [0.717, 1.165) is 93.0 Å². The molecule has 6 aliphatic rings. The van der Waals surface area contributed by atoms with Crippen molar-refractivity contribution in [2.24, 2.45) is 0 Å². The Bertz CT molecular complexity index is 1810. The van der Waals surface area contributed by atoms with Crippen molar-refractivity contribution in [3.63, 3.8) is 0 Å². The monoisotopic (exact) mass is 824 g/mol. The molecule has 4 aliphatic heterocycles. The fourth-order valence-corrected chi connectivity index (χ4v) is 9.49. The van der Waals surface area contributed by atoms with Crippen molar-refractivity contribution in [3.8, 4) is 11.5 Å². The van der Waals surface area contributed by atoms with E-state index < -0.39 is 28.7 Å². The number of likely N-dealkylation sites (tertiary alicyclic amines) is 3. The van der Waals surface area contributed by atoms with Gasteiger partial charge in [-0.1, -0.05) is 24.3 Å². The lowest BCUT2D eigenvalue weighted by Gasteiger charge is -2.45. The van der Waals surface area contributed by atoms with Crippen molar-refractivity contribution < 1.29 is 38.8 Å². The molecule has 0 unspecified atom stereocenters. The molecular formula is C45H65ClN4O8. The first kappa shape index (κ1) is 44.0. The number of hydrogen-bond donors (Lipinski definition) is 3. The van der Waals surface area contributed by atoms with Gasteiger partial charge in [-0.3, -0.25) is 9.80 Å². The number of rotatable bonds is 10. The first-order valence-electron chi connectivity index (χ1n) is 21.3. The number of ether oxygens (including phenoxy) is 3. The Hall–Kier alpha value is -3.58. The third kappa shape index (κ3) is 9.72. The van der Waals surface area contributed by atoms with E-state index in [9.17, 15) is 24.6 Å². The third-order valence-corrected chi connectivity index (χ3v) is 13.3. The SMILES string of the molecule is Cc1ccc(CN2CCCC23CCN(C(=O)OC(C)(C)C)CC3)c(OC2(C(=O)O)CC2)c1.Cc1ccc(CN2CCCC23CCNCC3)c(OC2(C(=O)O)CC2)c1.Cl. The van der Waals surface area contributed by atoms with Crippen LogP contribution in [-0.4, -0.2) is 110 Å². The van der Waals surface area contributed by atoms with Crippen LogP contribution < -0.4 is 14.8 Å². The van der Waals surface area contributed by atoms with Gasteiger partial charge in [-0.2, -0.15) is 0 Å². The maximum Gasteiger partial charge on any atom is 0.410 e. The summed E-state index contributed by atoms with van der Waals surface area (Å²) in [7, 11) is 0. The fraction of sp³-hybridized carbons (Fsp3) is 0.667. The summed E-state index contributed by atoms with van der Waals surface area (Å²) in [6.07, 6.45) is 11.1.